The normalized spacial score (nSPS) is 17.3. The van der Waals surface area contributed by atoms with Gasteiger partial charge in [-0.15, -0.1) is 5.10 Å². The fraction of sp³-hybridized carbons (Fsp3) is 0.273. The molecule has 1 aliphatic carbocycles. The van der Waals surface area contributed by atoms with Gasteiger partial charge >= 0.3 is 6.09 Å². The maximum atomic E-state index is 10.7. The molecular weight excluding hydrogens is 422 g/mol. The first-order valence-electron chi connectivity index (χ1n) is 10.5. The highest BCUT2D eigenvalue weighted by Crippen LogP contribution is 2.35. The summed E-state index contributed by atoms with van der Waals surface area (Å²) in [4.78, 5) is 15.4. The molecule has 5 rings (SSSR count). The third kappa shape index (κ3) is 4.06. The minimum Gasteiger partial charge on any atom is -0.465 e. The average Bonchev–Trinajstić information content (AvgIpc) is 3.40. The van der Waals surface area contributed by atoms with Crippen molar-refractivity contribution < 1.29 is 9.90 Å². The monoisotopic (exact) mass is 443 g/mol. The summed E-state index contributed by atoms with van der Waals surface area (Å²) in [6.45, 7) is 0.457. The maximum absolute atomic E-state index is 10.7. The van der Waals surface area contributed by atoms with Crippen LogP contribution in [0.3, 0.4) is 0 Å². The fourth-order valence-corrected chi connectivity index (χ4v) is 4.12. The maximum Gasteiger partial charge on any atom is 0.404 e. The molecule has 1 fully saturated rings. The van der Waals surface area contributed by atoms with Crippen molar-refractivity contribution in [1.82, 2.24) is 34.9 Å². The zero-order valence-electron chi connectivity index (χ0n) is 17.8. The molecular formula is C22H21N9O2. The molecule has 0 unspecified atom stereocenters. The van der Waals surface area contributed by atoms with Gasteiger partial charge in [0, 0.05) is 37.1 Å². The number of pyridine rings is 1. The predicted molar refractivity (Wildman–Crippen MR) is 119 cm³/mol. The molecule has 1 amide bonds. The van der Waals surface area contributed by atoms with Crippen LogP contribution < -0.4 is 10.6 Å². The average molecular weight is 443 g/mol. The summed E-state index contributed by atoms with van der Waals surface area (Å²) in [5, 5.41) is 36.6. The molecule has 166 valence electrons. The minimum absolute atomic E-state index is 0.219. The van der Waals surface area contributed by atoms with Crippen molar-refractivity contribution in [1.29, 1.82) is 5.26 Å². The van der Waals surface area contributed by atoms with E-state index in [1.54, 1.807) is 21.5 Å². The van der Waals surface area contributed by atoms with Gasteiger partial charge in [-0.2, -0.15) is 10.4 Å². The van der Waals surface area contributed by atoms with E-state index in [4.69, 9.17) is 10.4 Å². The number of amides is 1. The summed E-state index contributed by atoms with van der Waals surface area (Å²) in [5.74, 6) is 0.313. The zero-order chi connectivity index (χ0) is 22.9. The molecule has 33 heavy (non-hydrogen) atoms. The molecule has 11 heteroatoms. The molecule has 3 N–H and O–H groups in total. The molecule has 0 bridgehead atoms. The van der Waals surface area contributed by atoms with Crippen LogP contribution in [-0.4, -0.2) is 53.4 Å². The first kappa shape index (κ1) is 20.4. The van der Waals surface area contributed by atoms with Crippen molar-refractivity contribution in [3.05, 3.63) is 48.4 Å². The van der Waals surface area contributed by atoms with E-state index in [0.29, 0.717) is 23.7 Å². The van der Waals surface area contributed by atoms with Gasteiger partial charge in [-0.25, -0.2) is 9.31 Å². The molecule has 4 heterocycles. The summed E-state index contributed by atoms with van der Waals surface area (Å²) < 4.78 is 3.40. The van der Waals surface area contributed by atoms with E-state index in [9.17, 15) is 4.79 Å². The Balaban J connectivity index is 1.45. The van der Waals surface area contributed by atoms with Crippen molar-refractivity contribution in [2.45, 2.75) is 18.9 Å². The highest BCUT2D eigenvalue weighted by atomic mass is 16.4. The van der Waals surface area contributed by atoms with E-state index in [-0.39, 0.29) is 6.04 Å². The number of nitriles is 1. The number of hydrogen-bond donors (Lipinski definition) is 3. The molecule has 1 aliphatic rings. The summed E-state index contributed by atoms with van der Waals surface area (Å²) in [6.07, 6.45) is 5.87. The van der Waals surface area contributed by atoms with Gasteiger partial charge < -0.3 is 15.7 Å². The minimum atomic E-state index is -0.995. The van der Waals surface area contributed by atoms with Crippen molar-refractivity contribution in [3.63, 3.8) is 0 Å². The van der Waals surface area contributed by atoms with E-state index in [0.717, 1.165) is 41.0 Å². The second-order valence-electron chi connectivity index (χ2n) is 8.17. The molecule has 0 atom stereocenters. The van der Waals surface area contributed by atoms with Crippen LogP contribution in [0, 0.1) is 17.2 Å². The van der Waals surface area contributed by atoms with Crippen LogP contribution in [-0.2, 0) is 7.05 Å². The summed E-state index contributed by atoms with van der Waals surface area (Å²) in [7, 11) is 1.81. The van der Waals surface area contributed by atoms with E-state index >= 15 is 0 Å². The van der Waals surface area contributed by atoms with E-state index in [1.165, 1.54) is 6.20 Å². The van der Waals surface area contributed by atoms with Gasteiger partial charge in [-0.3, -0.25) is 9.67 Å². The Hall–Kier alpha value is -4.46. The number of rotatable bonds is 6. The smallest absolute Gasteiger partial charge is 0.404 e. The van der Waals surface area contributed by atoms with Crippen molar-refractivity contribution >= 4 is 17.3 Å². The number of nitrogens with one attached hydrogen (secondary N) is 2. The second kappa shape index (κ2) is 8.23. The third-order valence-electron chi connectivity index (χ3n) is 5.81. The Morgan fingerprint density at radius 2 is 2.12 bits per heavy atom. The van der Waals surface area contributed by atoms with Gasteiger partial charge in [0.05, 0.1) is 34.9 Å². The van der Waals surface area contributed by atoms with Crippen molar-refractivity contribution in [2.24, 2.45) is 13.0 Å². The molecule has 11 nitrogen and oxygen atoms in total. The Morgan fingerprint density at radius 1 is 1.27 bits per heavy atom. The number of aromatic nitrogens is 6. The van der Waals surface area contributed by atoms with Crippen LogP contribution in [0.1, 0.15) is 18.4 Å². The summed E-state index contributed by atoms with van der Waals surface area (Å²) >= 11 is 0. The van der Waals surface area contributed by atoms with Crippen LogP contribution in [0.2, 0.25) is 0 Å². The van der Waals surface area contributed by atoms with Crippen molar-refractivity contribution in [2.75, 3.05) is 11.9 Å². The molecule has 4 aromatic heterocycles. The molecule has 0 aliphatic heterocycles. The lowest BCUT2D eigenvalue weighted by atomic mass is 9.80. The Bertz CT molecular complexity index is 1380. The summed E-state index contributed by atoms with van der Waals surface area (Å²) in [5.41, 5.74) is 5.26. The standard InChI is InChI=1S/C22H21N9O2/c1-30-12-20(28-29-30)17-11-24-19(21-3-2-16-6-14(8-23)10-26-31(16)21)7-18(17)27-15-4-13(5-15)9-25-22(32)33/h2-3,6-7,10-13,15,25H,4-5,9H2,1H3,(H,24,27)(H,32,33)/t13-,15-. The van der Waals surface area contributed by atoms with Crippen LogP contribution >= 0.6 is 0 Å². The number of anilines is 1. The SMILES string of the molecule is Cn1cc(-c2cnc(-c3ccc4cc(C#N)cnn34)cc2N[C@H]2C[C@H](CNC(=O)O)C2)nn1. The van der Waals surface area contributed by atoms with E-state index in [1.807, 2.05) is 31.4 Å². The number of aryl methyl sites for hydroxylation is 1. The zero-order valence-corrected chi connectivity index (χ0v) is 17.8. The van der Waals surface area contributed by atoms with Crippen LogP contribution in [0.4, 0.5) is 10.5 Å². The molecule has 1 saturated carbocycles. The lowest BCUT2D eigenvalue weighted by Crippen LogP contribution is -2.41. The number of carbonyl (C=O) groups is 1. The fourth-order valence-electron chi connectivity index (χ4n) is 4.12. The van der Waals surface area contributed by atoms with Gasteiger partial charge in [0.25, 0.3) is 0 Å². The van der Waals surface area contributed by atoms with Gasteiger partial charge in [0.15, 0.2) is 0 Å². The topological polar surface area (TPSA) is 146 Å². The van der Waals surface area contributed by atoms with Gasteiger partial charge in [-0.05, 0) is 43.0 Å². The number of nitrogens with zero attached hydrogens (tertiary/aromatic N) is 7. The highest BCUT2D eigenvalue weighted by molar-refractivity contribution is 5.79. The molecule has 0 aromatic carbocycles. The van der Waals surface area contributed by atoms with Gasteiger partial charge in [-0.1, -0.05) is 5.21 Å². The third-order valence-corrected chi connectivity index (χ3v) is 5.81. The first-order chi connectivity index (χ1) is 16.0. The highest BCUT2D eigenvalue weighted by Gasteiger charge is 2.30. The van der Waals surface area contributed by atoms with E-state index in [2.05, 4.69) is 37.1 Å². The number of carboxylic acid groups (broad SMARTS) is 1. The number of hydrogen-bond acceptors (Lipinski definition) is 7. The van der Waals surface area contributed by atoms with Crippen LogP contribution in [0.25, 0.3) is 28.2 Å². The lowest BCUT2D eigenvalue weighted by molar-refractivity contribution is 0.186. The van der Waals surface area contributed by atoms with Crippen molar-refractivity contribution in [3.8, 4) is 28.7 Å². The molecule has 4 aromatic rings. The largest absolute Gasteiger partial charge is 0.465 e. The van der Waals surface area contributed by atoms with Gasteiger partial charge in [0.2, 0.25) is 0 Å². The van der Waals surface area contributed by atoms with Crippen LogP contribution in [0.5, 0.6) is 0 Å². The Labute approximate surface area is 188 Å². The lowest BCUT2D eigenvalue weighted by Gasteiger charge is -2.36. The molecule has 0 spiro atoms. The van der Waals surface area contributed by atoms with E-state index < -0.39 is 6.09 Å². The summed E-state index contributed by atoms with van der Waals surface area (Å²) in [6, 6.07) is 9.90. The van der Waals surface area contributed by atoms with Crippen LogP contribution in [0.15, 0.2) is 42.9 Å². The molecule has 0 radical (unpaired) electrons. The Kier molecular flexibility index (Phi) is 5.10. The number of fused-ring (bicyclic) bond motifs is 1. The quantitative estimate of drug-likeness (QED) is 0.412. The van der Waals surface area contributed by atoms with Gasteiger partial charge in [0.1, 0.15) is 11.8 Å². The second-order valence-corrected chi connectivity index (χ2v) is 8.17. The Morgan fingerprint density at radius 3 is 2.85 bits per heavy atom. The first-order valence-corrected chi connectivity index (χ1v) is 10.5. The predicted octanol–water partition coefficient (Wildman–Crippen LogP) is 2.52. The molecule has 0 saturated heterocycles.